The molecule has 0 spiro atoms. The van der Waals surface area contributed by atoms with Crippen LogP contribution in [-0.2, 0) is 16.1 Å². The monoisotopic (exact) mass is 318 g/mol. The Kier molecular flexibility index (Phi) is 5.96. The molecule has 0 saturated carbocycles. The first-order valence-corrected chi connectivity index (χ1v) is 8.27. The highest BCUT2D eigenvalue weighted by Crippen LogP contribution is 2.19. The van der Waals surface area contributed by atoms with Crippen LogP contribution in [0.1, 0.15) is 32.3 Å². The maximum atomic E-state index is 12.4. The van der Waals surface area contributed by atoms with Crippen molar-refractivity contribution >= 4 is 17.6 Å². The molecule has 1 atom stereocenters. The van der Waals surface area contributed by atoms with Gasteiger partial charge in [-0.3, -0.25) is 9.59 Å². The van der Waals surface area contributed by atoms with Gasteiger partial charge in [-0.2, -0.15) is 0 Å². The Labute approximate surface area is 137 Å². The molecule has 23 heavy (non-hydrogen) atoms. The van der Waals surface area contributed by atoms with Gasteiger partial charge in [0, 0.05) is 51.4 Å². The lowest BCUT2D eigenvalue weighted by molar-refractivity contribution is -0.136. The largest absolute Gasteiger partial charge is 0.357 e. The van der Waals surface area contributed by atoms with Crippen molar-refractivity contribution in [2.45, 2.75) is 33.2 Å². The quantitative estimate of drug-likeness (QED) is 0.861. The van der Waals surface area contributed by atoms with Crippen LogP contribution in [0.3, 0.4) is 0 Å². The lowest BCUT2D eigenvalue weighted by Crippen LogP contribution is -2.43. The standard InChI is InChI=1S/C17H26N4O2/c1-4-21(5-2)16-13(7-6-10-18-16)11-19-17(23)14-8-9-15(22)20(3)12-14/h6-7,10,14H,4-5,8-9,11-12H2,1-3H3,(H,19,23). The molecular weight excluding hydrogens is 292 g/mol. The van der Waals surface area contributed by atoms with Crippen molar-refractivity contribution in [2.75, 3.05) is 31.6 Å². The zero-order valence-electron chi connectivity index (χ0n) is 14.2. The van der Waals surface area contributed by atoms with E-state index in [4.69, 9.17) is 0 Å². The van der Waals surface area contributed by atoms with E-state index in [9.17, 15) is 9.59 Å². The molecule has 2 rings (SSSR count). The summed E-state index contributed by atoms with van der Waals surface area (Å²) in [5.41, 5.74) is 1.02. The fraction of sp³-hybridized carbons (Fsp3) is 0.588. The van der Waals surface area contributed by atoms with E-state index in [1.54, 1.807) is 18.1 Å². The van der Waals surface area contributed by atoms with Gasteiger partial charge in [0.1, 0.15) is 5.82 Å². The molecule has 0 aliphatic carbocycles. The molecule has 2 amide bonds. The zero-order valence-corrected chi connectivity index (χ0v) is 14.2. The number of carbonyl (C=O) groups is 2. The number of pyridine rings is 1. The number of hydrogen-bond acceptors (Lipinski definition) is 4. The SMILES string of the molecule is CCN(CC)c1ncccc1CNC(=O)C1CCC(=O)N(C)C1. The second kappa shape index (κ2) is 7.94. The van der Waals surface area contributed by atoms with E-state index in [1.807, 2.05) is 12.1 Å². The molecule has 1 N–H and O–H groups in total. The maximum Gasteiger partial charge on any atom is 0.225 e. The van der Waals surface area contributed by atoms with Crippen molar-refractivity contribution in [2.24, 2.45) is 5.92 Å². The molecule has 0 radical (unpaired) electrons. The Hall–Kier alpha value is -2.11. The molecule has 2 heterocycles. The first-order chi connectivity index (χ1) is 11.1. The average Bonchev–Trinajstić information content (AvgIpc) is 2.57. The molecule has 0 aromatic carbocycles. The van der Waals surface area contributed by atoms with Crippen molar-refractivity contribution in [3.63, 3.8) is 0 Å². The number of anilines is 1. The van der Waals surface area contributed by atoms with E-state index >= 15 is 0 Å². The van der Waals surface area contributed by atoms with E-state index in [0.29, 0.717) is 25.9 Å². The molecule has 6 heteroatoms. The van der Waals surface area contributed by atoms with Crippen LogP contribution in [-0.4, -0.2) is 48.4 Å². The molecule has 1 aromatic heterocycles. The van der Waals surface area contributed by atoms with Gasteiger partial charge in [0.2, 0.25) is 11.8 Å². The van der Waals surface area contributed by atoms with Crippen molar-refractivity contribution in [3.05, 3.63) is 23.9 Å². The Morgan fingerprint density at radius 1 is 1.43 bits per heavy atom. The van der Waals surface area contributed by atoms with Crippen LogP contribution in [0.25, 0.3) is 0 Å². The number of likely N-dealkylation sites (tertiary alicyclic amines) is 1. The number of aromatic nitrogens is 1. The zero-order chi connectivity index (χ0) is 16.8. The summed E-state index contributed by atoms with van der Waals surface area (Å²) in [5.74, 6) is 0.934. The minimum absolute atomic E-state index is 0.0127. The summed E-state index contributed by atoms with van der Waals surface area (Å²) in [6, 6.07) is 3.89. The van der Waals surface area contributed by atoms with Crippen molar-refractivity contribution in [1.29, 1.82) is 0 Å². The first-order valence-electron chi connectivity index (χ1n) is 8.27. The third kappa shape index (κ3) is 4.21. The normalized spacial score (nSPS) is 18.0. The van der Waals surface area contributed by atoms with Gasteiger partial charge in [0.25, 0.3) is 0 Å². The minimum Gasteiger partial charge on any atom is -0.357 e. The van der Waals surface area contributed by atoms with Gasteiger partial charge < -0.3 is 15.1 Å². The van der Waals surface area contributed by atoms with Crippen LogP contribution >= 0.6 is 0 Å². The fourth-order valence-electron chi connectivity index (χ4n) is 2.93. The van der Waals surface area contributed by atoms with Crippen LogP contribution in [0.5, 0.6) is 0 Å². The third-order valence-electron chi connectivity index (χ3n) is 4.38. The number of hydrogen-bond donors (Lipinski definition) is 1. The molecule has 0 bridgehead atoms. The van der Waals surface area contributed by atoms with Crippen LogP contribution in [0.2, 0.25) is 0 Å². The average molecular weight is 318 g/mol. The predicted octanol–water partition coefficient (Wildman–Crippen LogP) is 1.41. The van der Waals surface area contributed by atoms with Crippen LogP contribution in [0.4, 0.5) is 5.82 Å². The summed E-state index contributed by atoms with van der Waals surface area (Å²) >= 11 is 0. The summed E-state index contributed by atoms with van der Waals surface area (Å²) in [6.45, 7) is 6.91. The van der Waals surface area contributed by atoms with Gasteiger partial charge in [-0.05, 0) is 26.3 Å². The van der Waals surface area contributed by atoms with Crippen molar-refractivity contribution in [1.82, 2.24) is 15.2 Å². The Morgan fingerprint density at radius 3 is 2.83 bits per heavy atom. The molecule has 1 aliphatic heterocycles. The number of nitrogens with zero attached hydrogens (tertiary/aromatic N) is 3. The maximum absolute atomic E-state index is 12.4. The van der Waals surface area contributed by atoms with Gasteiger partial charge in [-0.15, -0.1) is 0 Å². The molecule has 1 unspecified atom stereocenters. The fourth-order valence-corrected chi connectivity index (χ4v) is 2.93. The molecule has 1 aromatic rings. The van der Waals surface area contributed by atoms with Gasteiger partial charge in [0.05, 0.1) is 5.92 Å². The first kappa shape index (κ1) is 17.2. The molecule has 6 nitrogen and oxygen atoms in total. The summed E-state index contributed by atoms with van der Waals surface area (Å²) in [6.07, 6.45) is 2.86. The summed E-state index contributed by atoms with van der Waals surface area (Å²) in [4.78, 5) is 32.1. The second-order valence-corrected chi connectivity index (χ2v) is 5.89. The number of piperidine rings is 1. The summed E-state index contributed by atoms with van der Waals surface area (Å²) in [5, 5.41) is 3.00. The van der Waals surface area contributed by atoms with Crippen LogP contribution in [0, 0.1) is 5.92 Å². The third-order valence-corrected chi connectivity index (χ3v) is 4.38. The molecule has 1 saturated heterocycles. The Morgan fingerprint density at radius 2 is 2.17 bits per heavy atom. The smallest absolute Gasteiger partial charge is 0.225 e. The van der Waals surface area contributed by atoms with E-state index in [1.165, 1.54) is 0 Å². The summed E-state index contributed by atoms with van der Waals surface area (Å²) in [7, 11) is 1.75. The Bertz CT molecular complexity index is 557. The summed E-state index contributed by atoms with van der Waals surface area (Å²) < 4.78 is 0. The number of amides is 2. The lowest BCUT2D eigenvalue weighted by Gasteiger charge is -2.29. The molecule has 126 valence electrons. The van der Waals surface area contributed by atoms with Crippen molar-refractivity contribution < 1.29 is 9.59 Å². The number of nitrogens with one attached hydrogen (secondary N) is 1. The number of carbonyl (C=O) groups excluding carboxylic acids is 2. The highest BCUT2D eigenvalue weighted by molar-refractivity contribution is 5.83. The minimum atomic E-state index is -0.119. The van der Waals surface area contributed by atoms with Gasteiger partial charge in [0.15, 0.2) is 0 Å². The van der Waals surface area contributed by atoms with E-state index in [-0.39, 0.29) is 17.7 Å². The molecule has 1 fully saturated rings. The van der Waals surface area contributed by atoms with Gasteiger partial charge in [-0.25, -0.2) is 4.98 Å². The van der Waals surface area contributed by atoms with Crippen LogP contribution in [0.15, 0.2) is 18.3 Å². The van der Waals surface area contributed by atoms with E-state index < -0.39 is 0 Å². The van der Waals surface area contributed by atoms with Crippen molar-refractivity contribution in [3.8, 4) is 0 Å². The van der Waals surface area contributed by atoms with Crippen LogP contribution < -0.4 is 10.2 Å². The van der Waals surface area contributed by atoms with Gasteiger partial charge in [-0.1, -0.05) is 6.07 Å². The predicted molar refractivity (Wildman–Crippen MR) is 90.0 cm³/mol. The Balaban J connectivity index is 1.98. The highest BCUT2D eigenvalue weighted by Gasteiger charge is 2.28. The van der Waals surface area contributed by atoms with E-state index in [2.05, 4.69) is 29.0 Å². The second-order valence-electron chi connectivity index (χ2n) is 5.89. The highest BCUT2D eigenvalue weighted by atomic mass is 16.2. The topological polar surface area (TPSA) is 65.5 Å². The van der Waals surface area contributed by atoms with Gasteiger partial charge >= 0.3 is 0 Å². The molecule has 1 aliphatic rings. The lowest BCUT2D eigenvalue weighted by atomic mass is 9.97. The number of rotatable bonds is 6. The molecular formula is C17H26N4O2. The van der Waals surface area contributed by atoms with E-state index in [0.717, 1.165) is 24.5 Å².